The average Bonchev–Trinajstić information content (AvgIpc) is 3.50. The Morgan fingerprint density at radius 3 is 1.91 bits per heavy atom. The van der Waals surface area contributed by atoms with Crippen molar-refractivity contribution in [3.63, 3.8) is 0 Å². The second-order valence-corrected chi connectivity index (χ2v) is 19.5. The minimum Gasteiger partial charge on any atom is -0.862 e. The number of carboxylic acids is 1. The van der Waals surface area contributed by atoms with E-state index in [0.29, 0.717) is 10.8 Å². The Balaban J connectivity index is 0.0000101. The normalized spacial score (nSPS) is 41.9. The number of amides is 1. The molecule has 26 atom stereocenters. The van der Waals surface area contributed by atoms with Crippen molar-refractivity contribution in [1.82, 2.24) is 5.32 Å². The fourth-order valence-corrected chi connectivity index (χ4v) is 10.1. The average molecular weight is 1150 g/mol. The Hall–Kier alpha value is -2.85. The van der Waals surface area contributed by atoms with Crippen LogP contribution in [0.2, 0.25) is 0 Å². The van der Waals surface area contributed by atoms with Crippen LogP contribution in [-0.2, 0) is 52.2 Å². The molecule has 2 aromatic carbocycles. The first kappa shape index (κ1) is 65.3. The van der Waals surface area contributed by atoms with Crippen LogP contribution < -0.4 is 40.0 Å². The molecule has 0 bridgehead atoms. The maximum atomic E-state index is 14.8. The number of carbonyl (C=O) groups is 2. The number of rotatable bonds is 20. The van der Waals surface area contributed by atoms with E-state index in [1.54, 1.807) is 43.3 Å². The summed E-state index contributed by atoms with van der Waals surface area (Å²) in [5.74, 6) is -7.17. The zero-order chi connectivity index (χ0) is 57.1. The molecule has 0 spiro atoms. The van der Waals surface area contributed by atoms with Gasteiger partial charge in [-0.1, -0.05) is 36.4 Å². The van der Waals surface area contributed by atoms with Crippen molar-refractivity contribution < 1.29 is 168 Å². The first-order valence-corrected chi connectivity index (χ1v) is 25.1. The smallest absolute Gasteiger partial charge is 0.862 e. The quantitative estimate of drug-likeness (QED) is 0.0333. The summed E-state index contributed by atoms with van der Waals surface area (Å²) in [5.41, 5.74) is 0.0199. The number of aliphatic carboxylic acids is 1. The summed E-state index contributed by atoms with van der Waals surface area (Å²) in [4.78, 5) is 31.7. The van der Waals surface area contributed by atoms with Crippen molar-refractivity contribution in [1.29, 1.82) is 0 Å². The molecule has 5 aliphatic heterocycles. The van der Waals surface area contributed by atoms with Crippen LogP contribution in [-0.4, -0.2) is 286 Å². The minimum absolute atomic E-state index is 0. The molecule has 30 nitrogen and oxygen atoms in total. The van der Waals surface area contributed by atoms with Gasteiger partial charge in [-0.3, -0.25) is 9.79 Å². The number of hydrogen-bond donors (Lipinski definition) is 16. The van der Waals surface area contributed by atoms with E-state index in [1.165, 1.54) is 13.0 Å². The molecule has 440 valence electrons. The van der Waals surface area contributed by atoms with Crippen molar-refractivity contribution in [2.45, 2.75) is 186 Å². The van der Waals surface area contributed by atoms with Gasteiger partial charge < -0.3 is 134 Å². The molecule has 0 radical (unpaired) electrons. The molecule has 0 aliphatic carbocycles. The molecule has 5 aliphatic rings. The first-order chi connectivity index (χ1) is 37.0. The number of aliphatic hydroxyl groups is 14. The fourth-order valence-electron chi connectivity index (χ4n) is 10.1. The number of benzene rings is 2. The Morgan fingerprint density at radius 1 is 0.722 bits per heavy atom. The summed E-state index contributed by atoms with van der Waals surface area (Å²) >= 11 is 0. The van der Waals surface area contributed by atoms with Gasteiger partial charge in [0, 0.05) is 18.6 Å². The van der Waals surface area contributed by atoms with Crippen molar-refractivity contribution in [2.24, 2.45) is 4.99 Å². The van der Waals surface area contributed by atoms with Gasteiger partial charge in [0.15, 0.2) is 25.2 Å². The van der Waals surface area contributed by atoms with Crippen LogP contribution in [0, 0.1) is 0 Å². The summed E-state index contributed by atoms with van der Waals surface area (Å²) in [6.45, 7) is -0.483. The molecule has 7 rings (SSSR count). The number of fused-ring (bicyclic) bond motifs is 1. The maximum absolute atomic E-state index is 14.8. The van der Waals surface area contributed by atoms with Gasteiger partial charge in [-0.25, -0.2) is 4.79 Å². The molecule has 0 unspecified atom stereocenters. The van der Waals surface area contributed by atoms with Crippen LogP contribution in [0.4, 0.5) is 0 Å². The molecule has 5 heterocycles. The van der Waals surface area contributed by atoms with Crippen molar-refractivity contribution in [3.05, 3.63) is 48.0 Å². The van der Waals surface area contributed by atoms with E-state index in [0.717, 1.165) is 6.92 Å². The van der Waals surface area contributed by atoms with Crippen LogP contribution in [0.25, 0.3) is 10.8 Å². The summed E-state index contributed by atoms with van der Waals surface area (Å²) < 4.78 is 59.5. The van der Waals surface area contributed by atoms with Crippen LogP contribution >= 0.6 is 0 Å². The predicted molar refractivity (Wildman–Crippen MR) is 252 cm³/mol. The number of aliphatic hydroxyl groups excluding tert-OH is 14. The third-order valence-electron chi connectivity index (χ3n) is 14.3. The predicted octanol–water partition coefficient (Wildman–Crippen LogP) is -11.3. The Morgan fingerprint density at radius 2 is 1.29 bits per heavy atom. The summed E-state index contributed by atoms with van der Waals surface area (Å²) in [7, 11) is 0. The monoisotopic (exact) mass is 1140 g/mol. The Bertz CT molecular complexity index is 2320. The van der Waals surface area contributed by atoms with Crippen LogP contribution in [0.1, 0.15) is 37.6 Å². The van der Waals surface area contributed by atoms with E-state index in [-0.39, 0.29) is 41.7 Å². The molecule has 2 aromatic rings. The standard InChI is InChI=1S/C48H70N2O28.Na/c1-4-69-44-35(64)40(31(60)24(14-52)71-44)76-43-28(50-42(66)21-11-7-9-19-8-5-6-10-20(19)21)39(75-45-34(63)33(62)29(58)17(2)70-45)37(26(16-54)73-43)74-46-36(65)41(32(61)25(15-53)72-46)78-48(47(67)68)12-22(56)27(49-18(3)55)38(77-48)30(59)23(57)13-51;/h5-11,17,22-41,43-46,51-54,56-65H,4,12-16H2,1-3H3,(H,49,55)(H,50,66)(H,67,68);/q;+1/p-1/t17-,22+,23-,24-,25-,26-,27-,28-,29-,30-,31+,32+,33-,34+,35-,36-,37-,38-,39-,40+,41+,43+,44-,45+,46+,48+;/m1./s1. The van der Waals surface area contributed by atoms with E-state index < -0.39 is 210 Å². The van der Waals surface area contributed by atoms with Crippen molar-refractivity contribution in [2.75, 3.05) is 33.0 Å². The zero-order valence-corrected chi connectivity index (χ0v) is 45.2. The summed E-state index contributed by atoms with van der Waals surface area (Å²) in [6.07, 6.45) is -46.5. The maximum Gasteiger partial charge on any atom is 1.00 e. The summed E-state index contributed by atoms with van der Waals surface area (Å²) in [5, 5.41) is 180. The van der Waals surface area contributed by atoms with Gasteiger partial charge in [0.25, 0.3) is 11.7 Å². The van der Waals surface area contributed by atoms with E-state index in [9.17, 15) is 91.3 Å². The molecule has 31 heteroatoms. The van der Waals surface area contributed by atoms with Crippen molar-refractivity contribution in [3.8, 4) is 0 Å². The van der Waals surface area contributed by atoms with Crippen molar-refractivity contribution >= 4 is 28.5 Å². The molecular formula is C48H69N2NaO28. The third-order valence-corrected chi connectivity index (χ3v) is 14.3. The SMILES string of the molecule is CCO[C@@H]1O[C@H](CO)[C@H](O)[C@H](O[C@@H]2O[C@H](CO)[C@@H](O[C@@H]3O[C@H](CO)[C@H](O)[C@H](O[C@]4(C(=O)O)C[C@H](O)[C@@H](N=C(C)[O-])[C@H]([C@H](O)[C@H](O)CO)O4)[C@H]3O)[C@H](O[C@@H]3O[C@H](C)[C@@H](O)[C@@H](O)[C@@H]3O)[C@H]2NC(=O)c2cccc3ccccc23)[C@H]1O.[Na+]. The van der Waals surface area contributed by atoms with Gasteiger partial charge in [0.2, 0.25) is 0 Å². The minimum atomic E-state index is -3.24. The van der Waals surface area contributed by atoms with Crippen LogP contribution in [0.5, 0.6) is 0 Å². The number of nitrogens with zero attached hydrogens (tertiary/aromatic N) is 1. The van der Waals surface area contributed by atoms with Gasteiger partial charge in [-0.15, -0.1) is 0 Å². The largest absolute Gasteiger partial charge is 1.00 e. The number of carboxylic acid groups (broad SMARTS) is 1. The molecule has 5 fully saturated rings. The van der Waals surface area contributed by atoms with Gasteiger partial charge in [0.1, 0.15) is 116 Å². The zero-order valence-electron chi connectivity index (χ0n) is 43.2. The molecule has 0 saturated carbocycles. The van der Waals surface area contributed by atoms with Gasteiger partial charge >= 0.3 is 35.5 Å². The fraction of sp³-hybridized carbons (Fsp3) is 0.729. The number of hydrogen-bond acceptors (Lipinski definition) is 28. The molecule has 0 aromatic heterocycles. The second-order valence-electron chi connectivity index (χ2n) is 19.5. The van der Waals surface area contributed by atoms with Crippen LogP contribution in [0.15, 0.2) is 47.5 Å². The number of nitrogens with one attached hydrogen (secondary N) is 1. The molecule has 1 amide bonds. The first-order valence-electron chi connectivity index (χ1n) is 25.1. The van der Waals surface area contributed by atoms with E-state index in [2.05, 4.69) is 10.3 Å². The molecule has 16 N–H and O–H groups in total. The molecule has 5 saturated heterocycles. The van der Waals surface area contributed by atoms with Gasteiger partial charge in [0.05, 0.1) is 38.6 Å². The molecular weight excluding hydrogens is 1080 g/mol. The topological polar surface area (TPSA) is 477 Å². The van der Waals surface area contributed by atoms with Gasteiger partial charge in [-0.05, 0) is 43.5 Å². The third kappa shape index (κ3) is 13.9. The van der Waals surface area contributed by atoms with E-state index in [4.69, 9.17) is 47.4 Å². The van der Waals surface area contributed by atoms with E-state index >= 15 is 0 Å². The van der Waals surface area contributed by atoms with Gasteiger partial charge in [-0.2, -0.15) is 0 Å². The Labute approximate surface area is 472 Å². The molecule has 79 heavy (non-hydrogen) atoms. The number of ether oxygens (including phenoxy) is 10. The Kier molecular flexibility index (Phi) is 23.3. The van der Waals surface area contributed by atoms with Crippen LogP contribution in [0.3, 0.4) is 0 Å². The number of carbonyl (C=O) groups excluding carboxylic acids is 1. The summed E-state index contributed by atoms with van der Waals surface area (Å²) in [6, 6.07) is 7.71. The van der Waals surface area contributed by atoms with E-state index in [1.807, 2.05) is 0 Å². The number of aliphatic imine (C=N–C) groups is 1. The second kappa shape index (κ2) is 28.2.